The van der Waals surface area contributed by atoms with Crippen LogP contribution in [-0.4, -0.2) is 29.5 Å². The molecule has 0 aliphatic rings. The molecule has 1 aromatic heterocycles. The van der Waals surface area contributed by atoms with Gasteiger partial charge in [0.1, 0.15) is 17.3 Å². The zero-order valence-electron chi connectivity index (χ0n) is 12.9. The monoisotopic (exact) mass is 296 g/mol. The highest BCUT2D eigenvalue weighted by atomic mass is 16.1. The molecule has 0 saturated carbocycles. The van der Waals surface area contributed by atoms with Crippen LogP contribution in [0.1, 0.15) is 21.9 Å². The molecule has 1 aromatic carbocycles. The van der Waals surface area contributed by atoms with E-state index in [0.29, 0.717) is 24.6 Å². The molecule has 0 aliphatic carbocycles. The van der Waals surface area contributed by atoms with Gasteiger partial charge < -0.3 is 10.2 Å². The maximum Gasteiger partial charge on any atom is 0.270 e. The number of aromatic nitrogens is 2. The van der Waals surface area contributed by atoms with Crippen molar-refractivity contribution in [1.29, 1.82) is 0 Å². The molecule has 0 unspecified atom stereocenters. The van der Waals surface area contributed by atoms with Crippen LogP contribution < -0.4 is 10.2 Å². The summed E-state index contributed by atoms with van der Waals surface area (Å²) in [5, 5.41) is 2.73. The second-order valence-corrected chi connectivity index (χ2v) is 5.00. The maximum atomic E-state index is 12.0. The summed E-state index contributed by atoms with van der Waals surface area (Å²) in [6.07, 6.45) is 1.63. The minimum absolute atomic E-state index is 0.222. The van der Waals surface area contributed by atoms with E-state index in [1.807, 2.05) is 30.1 Å². The van der Waals surface area contributed by atoms with Crippen molar-refractivity contribution in [3.63, 3.8) is 0 Å². The molecule has 0 saturated heterocycles. The first kappa shape index (κ1) is 15.7. The molecule has 22 heavy (non-hydrogen) atoms. The Balaban J connectivity index is 2.18. The molecule has 2 rings (SSSR count). The average molecular weight is 296 g/mol. The van der Waals surface area contributed by atoms with Crippen LogP contribution in [0.2, 0.25) is 0 Å². The Kier molecular flexibility index (Phi) is 5.25. The van der Waals surface area contributed by atoms with Gasteiger partial charge in [-0.2, -0.15) is 0 Å². The van der Waals surface area contributed by atoms with Gasteiger partial charge in [-0.05, 0) is 12.5 Å². The van der Waals surface area contributed by atoms with Crippen molar-refractivity contribution < 1.29 is 4.79 Å². The largest absolute Gasteiger partial charge is 0.355 e. The minimum Gasteiger partial charge on any atom is -0.355 e. The molecule has 2 aromatic rings. The molecule has 5 nitrogen and oxygen atoms in total. The number of hydrogen-bond donors (Lipinski definition) is 1. The lowest BCUT2D eigenvalue weighted by molar-refractivity contribution is 0.0952. The third-order valence-corrected chi connectivity index (χ3v) is 3.12. The van der Waals surface area contributed by atoms with Crippen molar-refractivity contribution in [2.45, 2.75) is 13.5 Å². The second-order valence-electron chi connectivity index (χ2n) is 5.00. The Morgan fingerprint density at radius 2 is 2.05 bits per heavy atom. The highest BCUT2D eigenvalue weighted by Gasteiger charge is 2.12. The fourth-order valence-corrected chi connectivity index (χ4v) is 2.06. The Morgan fingerprint density at radius 1 is 1.32 bits per heavy atom. The zero-order chi connectivity index (χ0) is 15.9. The molecule has 0 spiro atoms. The highest BCUT2D eigenvalue weighted by Crippen LogP contribution is 2.14. The Hall–Kier alpha value is -2.69. The van der Waals surface area contributed by atoms with Crippen LogP contribution >= 0.6 is 0 Å². The van der Waals surface area contributed by atoms with Crippen LogP contribution in [0.4, 0.5) is 5.82 Å². The van der Waals surface area contributed by atoms with Crippen LogP contribution in [-0.2, 0) is 6.54 Å². The van der Waals surface area contributed by atoms with Gasteiger partial charge in [0.15, 0.2) is 0 Å². The second kappa shape index (κ2) is 7.36. The van der Waals surface area contributed by atoms with Crippen LogP contribution in [0.15, 0.2) is 49.1 Å². The summed E-state index contributed by atoms with van der Waals surface area (Å²) < 4.78 is 0. The number of nitrogens with zero attached hydrogens (tertiary/aromatic N) is 3. The molecule has 0 bridgehead atoms. The average Bonchev–Trinajstić information content (AvgIpc) is 2.53. The zero-order valence-corrected chi connectivity index (χ0v) is 12.9. The first-order chi connectivity index (χ1) is 10.6. The van der Waals surface area contributed by atoms with E-state index >= 15 is 0 Å². The molecule has 0 fully saturated rings. The number of aryl methyl sites for hydroxylation is 1. The SMILES string of the molecule is C=CCNC(=O)c1cc(N(C)Cc2ccccc2)nc(C)n1. The number of carbonyl (C=O) groups excluding carboxylic acids is 1. The lowest BCUT2D eigenvalue weighted by atomic mass is 10.2. The van der Waals surface area contributed by atoms with Crippen LogP contribution in [0.25, 0.3) is 0 Å². The topological polar surface area (TPSA) is 58.1 Å². The molecule has 114 valence electrons. The number of nitrogens with one attached hydrogen (secondary N) is 1. The van der Waals surface area contributed by atoms with E-state index in [9.17, 15) is 4.79 Å². The van der Waals surface area contributed by atoms with Crippen molar-refractivity contribution in [1.82, 2.24) is 15.3 Å². The van der Waals surface area contributed by atoms with E-state index in [-0.39, 0.29) is 5.91 Å². The Morgan fingerprint density at radius 3 is 2.73 bits per heavy atom. The molecule has 0 aliphatic heterocycles. The van der Waals surface area contributed by atoms with Crippen molar-refractivity contribution in [3.05, 3.63) is 66.1 Å². The molecule has 1 heterocycles. The van der Waals surface area contributed by atoms with E-state index in [1.165, 1.54) is 5.56 Å². The normalized spacial score (nSPS) is 10.1. The molecule has 0 atom stereocenters. The van der Waals surface area contributed by atoms with Gasteiger partial charge in [-0.15, -0.1) is 6.58 Å². The van der Waals surface area contributed by atoms with Crippen LogP contribution in [0.5, 0.6) is 0 Å². The molecule has 1 N–H and O–H groups in total. The summed E-state index contributed by atoms with van der Waals surface area (Å²) in [6.45, 7) is 6.49. The summed E-state index contributed by atoms with van der Waals surface area (Å²) >= 11 is 0. The minimum atomic E-state index is -0.222. The van der Waals surface area contributed by atoms with E-state index < -0.39 is 0 Å². The number of benzene rings is 1. The van der Waals surface area contributed by atoms with Gasteiger partial charge in [0.2, 0.25) is 0 Å². The third-order valence-electron chi connectivity index (χ3n) is 3.12. The number of rotatable bonds is 6. The quantitative estimate of drug-likeness (QED) is 0.831. The smallest absolute Gasteiger partial charge is 0.270 e. The van der Waals surface area contributed by atoms with E-state index in [1.54, 1.807) is 19.1 Å². The lowest BCUT2D eigenvalue weighted by Crippen LogP contribution is -2.26. The van der Waals surface area contributed by atoms with Gasteiger partial charge >= 0.3 is 0 Å². The third kappa shape index (κ3) is 4.15. The summed E-state index contributed by atoms with van der Waals surface area (Å²) in [6, 6.07) is 11.8. The summed E-state index contributed by atoms with van der Waals surface area (Å²) in [7, 11) is 1.94. The first-order valence-corrected chi connectivity index (χ1v) is 7.10. The van der Waals surface area contributed by atoms with Gasteiger partial charge in [0.25, 0.3) is 5.91 Å². The number of anilines is 1. The number of amides is 1. The standard InChI is InChI=1S/C17H20N4O/c1-4-10-18-17(22)15-11-16(20-13(2)19-15)21(3)12-14-8-6-5-7-9-14/h4-9,11H,1,10,12H2,2-3H3,(H,18,22). The molecule has 5 heteroatoms. The first-order valence-electron chi connectivity index (χ1n) is 7.10. The Bertz CT molecular complexity index is 655. The Labute approximate surface area is 130 Å². The number of hydrogen-bond acceptors (Lipinski definition) is 4. The molecule has 0 radical (unpaired) electrons. The molecular formula is C17H20N4O. The highest BCUT2D eigenvalue weighted by molar-refractivity contribution is 5.93. The summed E-state index contributed by atoms with van der Waals surface area (Å²) in [5.41, 5.74) is 1.54. The van der Waals surface area contributed by atoms with Crippen LogP contribution in [0.3, 0.4) is 0 Å². The number of carbonyl (C=O) groups is 1. The van der Waals surface area contributed by atoms with Crippen molar-refractivity contribution in [3.8, 4) is 0 Å². The van der Waals surface area contributed by atoms with E-state index in [4.69, 9.17) is 0 Å². The maximum absolute atomic E-state index is 12.0. The van der Waals surface area contributed by atoms with E-state index in [0.717, 1.165) is 5.82 Å². The van der Waals surface area contributed by atoms with Gasteiger partial charge in [-0.25, -0.2) is 9.97 Å². The van der Waals surface area contributed by atoms with Gasteiger partial charge in [-0.3, -0.25) is 4.79 Å². The van der Waals surface area contributed by atoms with Crippen LogP contribution in [0, 0.1) is 6.92 Å². The van der Waals surface area contributed by atoms with E-state index in [2.05, 4.69) is 34.0 Å². The van der Waals surface area contributed by atoms with Crippen molar-refractivity contribution >= 4 is 11.7 Å². The summed E-state index contributed by atoms with van der Waals surface area (Å²) in [5.74, 6) is 1.07. The van der Waals surface area contributed by atoms with Crippen molar-refractivity contribution in [2.75, 3.05) is 18.5 Å². The molecular weight excluding hydrogens is 276 g/mol. The van der Waals surface area contributed by atoms with Crippen molar-refractivity contribution in [2.24, 2.45) is 0 Å². The fraction of sp³-hybridized carbons (Fsp3) is 0.235. The predicted octanol–water partition coefficient (Wildman–Crippen LogP) is 2.34. The van der Waals surface area contributed by atoms with Gasteiger partial charge in [-0.1, -0.05) is 36.4 Å². The lowest BCUT2D eigenvalue weighted by Gasteiger charge is -2.19. The van der Waals surface area contributed by atoms with Gasteiger partial charge in [0, 0.05) is 26.2 Å². The fourth-order valence-electron chi connectivity index (χ4n) is 2.06. The summed E-state index contributed by atoms with van der Waals surface area (Å²) in [4.78, 5) is 22.6. The molecule has 1 amide bonds. The predicted molar refractivity (Wildman–Crippen MR) is 87.8 cm³/mol. The van der Waals surface area contributed by atoms with Gasteiger partial charge in [0.05, 0.1) is 0 Å².